The molecular weight excluding hydrogens is 398 g/mol. The molecule has 0 saturated heterocycles. The summed E-state index contributed by atoms with van der Waals surface area (Å²) in [5, 5.41) is 4.11. The maximum absolute atomic E-state index is 13.1. The molecule has 4 amide bonds. The molecule has 6 nitrogen and oxygen atoms in total. The Kier molecular flexibility index (Phi) is 3.05. The van der Waals surface area contributed by atoms with Crippen molar-refractivity contribution in [3.63, 3.8) is 0 Å². The van der Waals surface area contributed by atoms with Crippen LogP contribution in [0.15, 0.2) is 63.7 Å². The molecule has 0 spiro atoms. The highest BCUT2D eigenvalue weighted by molar-refractivity contribution is 9.10. The number of urea groups is 1. The van der Waals surface area contributed by atoms with Crippen molar-refractivity contribution in [1.82, 2.24) is 10.2 Å². The molecule has 0 saturated carbocycles. The highest BCUT2D eigenvalue weighted by Gasteiger charge is 2.37. The molecule has 2 aromatic carbocycles. The Balaban J connectivity index is 1.66. The number of imide groups is 1. The molecule has 126 valence electrons. The van der Waals surface area contributed by atoms with Gasteiger partial charge in [0.05, 0.1) is 17.5 Å². The van der Waals surface area contributed by atoms with Crippen LogP contribution in [0.2, 0.25) is 0 Å². The standard InChI is InChI=1S/C19H10BrN3O3/c20-13-6-5-12-16-10(13)2-1-3-11(16)17(24)23(18(12)25)9-4-7-14-15(8-9)22-19(26)21-14/h1-9H,(H,22,26). The normalized spacial score (nSPS) is 20.9. The number of aliphatic imine (C=N–C) groups is 1. The molecule has 2 aliphatic heterocycles. The van der Waals surface area contributed by atoms with E-state index in [1.165, 1.54) is 4.90 Å². The number of carbonyl (C=O) groups excluding carboxylic acids is 3. The van der Waals surface area contributed by atoms with E-state index in [-0.39, 0.29) is 11.8 Å². The van der Waals surface area contributed by atoms with E-state index in [4.69, 9.17) is 0 Å². The molecular formula is C19H10BrN3O3. The van der Waals surface area contributed by atoms with Crippen LogP contribution in [-0.2, 0) is 0 Å². The molecule has 3 aliphatic rings. The maximum atomic E-state index is 13.1. The Morgan fingerprint density at radius 2 is 1.81 bits per heavy atom. The van der Waals surface area contributed by atoms with Gasteiger partial charge in [0.25, 0.3) is 11.8 Å². The third kappa shape index (κ3) is 1.97. The molecule has 1 N–H and O–H groups in total. The van der Waals surface area contributed by atoms with Crippen molar-refractivity contribution in [1.29, 1.82) is 0 Å². The number of halogens is 1. The summed E-state index contributed by atoms with van der Waals surface area (Å²) in [6, 6.07) is 7.90. The van der Waals surface area contributed by atoms with Gasteiger partial charge < -0.3 is 5.32 Å². The Hall–Kier alpha value is -3.06. The van der Waals surface area contributed by atoms with Crippen LogP contribution in [0.1, 0.15) is 20.7 Å². The zero-order valence-electron chi connectivity index (χ0n) is 13.2. The van der Waals surface area contributed by atoms with Gasteiger partial charge in [-0.25, -0.2) is 4.79 Å². The smallest absolute Gasteiger partial charge is 0.304 e. The second kappa shape index (κ2) is 5.22. The quantitative estimate of drug-likeness (QED) is 0.737. The summed E-state index contributed by atoms with van der Waals surface area (Å²) in [6.07, 6.45) is 5.02. The fraction of sp³-hybridized carbons (Fsp3) is 0.0526. The number of nitrogens with one attached hydrogen (secondary N) is 1. The highest BCUT2D eigenvalue weighted by atomic mass is 79.9. The lowest BCUT2D eigenvalue weighted by Crippen LogP contribution is -2.46. The van der Waals surface area contributed by atoms with Crippen LogP contribution in [0.25, 0.3) is 10.8 Å². The number of hydrogen-bond acceptors (Lipinski definition) is 3. The lowest BCUT2D eigenvalue weighted by molar-refractivity contribution is 0.0594. The molecule has 26 heavy (non-hydrogen) atoms. The van der Waals surface area contributed by atoms with Crippen molar-refractivity contribution in [3.8, 4) is 0 Å². The maximum Gasteiger partial charge on any atom is 0.346 e. The SMILES string of the molecule is O=C1N=C2C=CC(N3C(=O)c4cccc5c(Br)ccc(c45)C3=O)C=C2N1. The molecule has 1 atom stereocenters. The van der Waals surface area contributed by atoms with Crippen molar-refractivity contribution in [2.45, 2.75) is 6.04 Å². The average molecular weight is 408 g/mol. The Labute approximate surface area is 156 Å². The van der Waals surface area contributed by atoms with Crippen molar-refractivity contribution >= 4 is 50.3 Å². The van der Waals surface area contributed by atoms with Crippen molar-refractivity contribution in [3.05, 3.63) is 69.9 Å². The highest BCUT2D eigenvalue weighted by Crippen LogP contribution is 2.35. The number of fused-ring (bicyclic) bond motifs is 1. The third-order valence-electron chi connectivity index (χ3n) is 4.71. The van der Waals surface area contributed by atoms with Gasteiger partial charge in [-0.1, -0.05) is 34.1 Å². The summed E-state index contributed by atoms with van der Waals surface area (Å²) in [5.74, 6) is -0.718. The Morgan fingerprint density at radius 1 is 1.04 bits per heavy atom. The molecule has 1 unspecified atom stereocenters. The van der Waals surface area contributed by atoms with Crippen LogP contribution in [0.5, 0.6) is 0 Å². The van der Waals surface area contributed by atoms with E-state index in [2.05, 4.69) is 26.2 Å². The van der Waals surface area contributed by atoms with Gasteiger partial charge in [0.1, 0.15) is 0 Å². The first-order chi connectivity index (χ1) is 12.5. The molecule has 2 heterocycles. The molecule has 1 aliphatic carbocycles. The predicted octanol–water partition coefficient (Wildman–Crippen LogP) is 3.18. The van der Waals surface area contributed by atoms with Crippen LogP contribution >= 0.6 is 15.9 Å². The van der Waals surface area contributed by atoms with Gasteiger partial charge in [0, 0.05) is 21.0 Å². The van der Waals surface area contributed by atoms with Crippen LogP contribution in [0.3, 0.4) is 0 Å². The molecule has 0 bridgehead atoms. The number of amides is 4. The van der Waals surface area contributed by atoms with E-state index in [1.807, 2.05) is 12.1 Å². The lowest BCUT2D eigenvalue weighted by atomic mass is 9.92. The number of rotatable bonds is 1. The topological polar surface area (TPSA) is 78.8 Å². The molecule has 2 aromatic rings. The van der Waals surface area contributed by atoms with Gasteiger partial charge in [-0.05, 0) is 35.7 Å². The van der Waals surface area contributed by atoms with E-state index < -0.39 is 12.1 Å². The van der Waals surface area contributed by atoms with E-state index >= 15 is 0 Å². The minimum absolute atomic E-state index is 0.359. The van der Waals surface area contributed by atoms with E-state index in [1.54, 1.807) is 36.4 Å². The van der Waals surface area contributed by atoms with E-state index in [9.17, 15) is 14.4 Å². The second-order valence-corrected chi connectivity index (χ2v) is 7.01. The fourth-order valence-corrected chi connectivity index (χ4v) is 4.02. The summed E-state index contributed by atoms with van der Waals surface area (Å²) in [6.45, 7) is 0. The minimum atomic E-state index is -0.589. The van der Waals surface area contributed by atoms with E-state index in [0.717, 1.165) is 9.86 Å². The van der Waals surface area contributed by atoms with Gasteiger partial charge in [-0.2, -0.15) is 4.99 Å². The van der Waals surface area contributed by atoms with Crippen molar-refractivity contribution in [2.75, 3.05) is 0 Å². The number of allylic oxidation sites excluding steroid dienone is 1. The van der Waals surface area contributed by atoms with Crippen LogP contribution in [0.4, 0.5) is 4.79 Å². The van der Waals surface area contributed by atoms with E-state index in [0.29, 0.717) is 27.9 Å². The third-order valence-corrected chi connectivity index (χ3v) is 5.40. The first kappa shape index (κ1) is 15.2. The van der Waals surface area contributed by atoms with Gasteiger partial charge in [0.15, 0.2) is 0 Å². The monoisotopic (exact) mass is 407 g/mol. The summed E-state index contributed by atoms with van der Waals surface area (Å²) >= 11 is 3.48. The Bertz CT molecular complexity index is 1120. The average Bonchev–Trinajstić information content (AvgIpc) is 3.00. The first-order valence-corrected chi connectivity index (χ1v) is 8.73. The molecule has 7 heteroatoms. The molecule has 0 radical (unpaired) electrons. The van der Waals surface area contributed by atoms with Gasteiger partial charge in [-0.15, -0.1) is 0 Å². The second-order valence-electron chi connectivity index (χ2n) is 6.16. The predicted molar refractivity (Wildman–Crippen MR) is 99.1 cm³/mol. The zero-order chi connectivity index (χ0) is 18.0. The molecule has 0 fully saturated rings. The summed E-state index contributed by atoms with van der Waals surface area (Å²) in [4.78, 5) is 42.6. The number of hydrogen-bond donors (Lipinski definition) is 1. The number of carbonyl (C=O) groups is 3. The largest absolute Gasteiger partial charge is 0.346 e. The minimum Gasteiger partial charge on any atom is -0.304 e. The van der Waals surface area contributed by atoms with Gasteiger partial charge >= 0.3 is 6.03 Å². The fourth-order valence-electron chi connectivity index (χ4n) is 3.56. The summed E-state index contributed by atoms with van der Waals surface area (Å²) in [7, 11) is 0. The van der Waals surface area contributed by atoms with Gasteiger partial charge in [0.2, 0.25) is 0 Å². The van der Waals surface area contributed by atoms with Gasteiger partial charge in [-0.3, -0.25) is 14.5 Å². The number of benzene rings is 2. The number of nitrogens with zero attached hydrogens (tertiary/aromatic N) is 2. The van der Waals surface area contributed by atoms with Crippen molar-refractivity contribution in [2.24, 2.45) is 4.99 Å². The zero-order valence-corrected chi connectivity index (χ0v) is 14.8. The van der Waals surface area contributed by atoms with Crippen molar-refractivity contribution < 1.29 is 14.4 Å². The Morgan fingerprint density at radius 3 is 2.62 bits per heavy atom. The summed E-state index contributed by atoms with van der Waals surface area (Å²) < 4.78 is 0.835. The van der Waals surface area contributed by atoms with Crippen LogP contribution in [0, 0.1) is 0 Å². The van der Waals surface area contributed by atoms with Crippen LogP contribution in [-0.4, -0.2) is 34.5 Å². The lowest BCUT2D eigenvalue weighted by Gasteiger charge is -2.32. The molecule has 5 rings (SSSR count). The van der Waals surface area contributed by atoms with Crippen LogP contribution < -0.4 is 5.32 Å². The first-order valence-electron chi connectivity index (χ1n) is 7.94. The summed E-state index contributed by atoms with van der Waals surface area (Å²) in [5.41, 5.74) is 2.00. The molecule has 0 aromatic heterocycles.